The summed E-state index contributed by atoms with van der Waals surface area (Å²) in [6, 6.07) is 3.94. The van der Waals surface area contributed by atoms with Gasteiger partial charge in [-0.2, -0.15) is 5.10 Å². The molecule has 5 heteroatoms. The molecule has 0 saturated carbocycles. The number of H-pyrrole nitrogens is 1. The van der Waals surface area contributed by atoms with Gasteiger partial charge in [0, 0.05) is 30.5 Å². The monoisotopic (exact) mass is 257 g/mol. The predicted octanol–water partition coefficient (Wildman–Crippen LogP) is 1.51. The molecule has 0 radical (unpaired) electrons. The molecule has 2 aromatic heterocycles. The summed E-state index contributed by atoms with van der Waals surface area (Å²) in [5.41, 5.74) is 10.9. The van der Waals surface area contributed by atoms with E-state index in [0.29, 0.717) is 5.82 Å². The number of rotatable bonds is 4. The summed E-state index contributed by atoms with van der Waals surface area (Å²) in [4.78, 5) is 6.34. The Hall–Kier alpha value is -1.88. The summed E-state index contributed by atoms with van der Waals surface area (Å²) in [6.45, 7) is 1.64. The van der Waals surface area contributed by atoms with Gasteiger partial charge in [-0.1, -0.05) is 6.07 Å². The number of hydrogen-bond acceptors (Lipinski definition) is 4. The molecule has 0 bridgehead atoms. The van der Waals surface area contributed by atoms with Crippen molar-refractivity contribution in [3.8, 4) is 0 Å². The van der Waals surface area contributed by atoms with Gasteiger partial charge in [0.25, 0.3) is 0 Å². The fourth-order valence-electron chi connectivity index (χ4n) is 2.71. The highest BCUT2D eigenvalue weighted by molar-refractivity contribution is 5.38. The number of pyridine rings is 1. The average Bonchev–Trinajstić information content (AvgIpc) is 2.97. The van der Waals surface area contributed by atoms with Crippen molar-refractivity contribution >= 4 is 5.82 Å². The van der Waals surface area contributed by atoms with Gasteiger partial charge in [-0.05, 0) is 37.9 Å². The van der Waals surface area contributed by atoms with E-state index in [0.717, 1.165) is 31.5 Å². The number of nitrogen functional groups attached to an aromatic ring is 1. The smallest absolute Gasteiger partial charge is 0.127 e. The van der Waals surface area contributed by atoms with Crippen LogP contribution in [-0.2, 0) is 25.9 Å². The van der Waals surface area contributed by atoms with Crippen LogP contribution >= 0.6 is 0 Å². The van der Waals surface area contributed by atoms with Crippen LogP contribution in [0.25, 0.3) is 0 Å². The van der Waals surface area contributed by atoms with Gasteiger partial charge in [-0.3, -0.25) is 10.00 Å². The molecule has 2 heterocycles. The maximum absolute atomic E-state index is 5.87. The number of nitrogens with one attached hydrogen (secondary N) is 1. The molecule has 3 rings (SSSR count). The van der Waals surface area contributed by atoms with Gasteiger partial charge in [-0.25, -0.2) is 4.98 Å². The van der Waals surface area contributed by atoms with Crippen molar-refractivity contribution in [3.05, 3.63) is 40.8 Å². The first-order valence-corrected chi connectivity index (χ1v) is 6.67. The molecule has 100 valence electrons. The standard InChI is InChI=1S/C14H19N5/c1-19(8-10-4-3-7-16-14(10)15)9-13-11-5-2-6-12(11)17-18-13/h3-4,7H,2,5-6,8-9H2,1H3,(H2,15,16)(H,17,18). The van der Waals surface area contributed by atoms with Crippen LogP contribution < -0.4 is 5.73 Å². The van der Waals surface area contributed by atoms with Crippen LogP contribution in [0, 0.1) is 0 Å². The molecule has 0 amide bonds. The molecular weight excluding hydrogens is 238 g/mol. The number of nitrogens with two attached hydrogens (primary N) is 1. The summed E-state index contributed by atoms with van der Waals surface area (Å²) >= 11 is 0. The van der Waals surface area contributed by atoms with Crippen LogP contribution in [0.5, 0.6) is 0 Å². The van der Waals surface area contributed by atoms with Gasteiger partial charge in [0.2, 0.25) is 0 Å². The zero-order chi connectivity index (χ0) is 13.2. The first kappa shape index (κ1) is 12.2. The Balaban J connectivity index is 1.68. The SMILES string of the molecule is CN(Cc1cccnc1N)Cc1n[nH]c2c1CCC2. The number of aromatic amines is 1. The molecule has 1 aliphatic carbocycles. The van der Waals surface area contributed by atoms with Crippen molar-refractivity contribution in [3.63, 3.8) is 0 Å². The Morgan fingerprint density at radius 2 is 2.26 bits per heavy atom. The van der Waals surface area contributed by atoms with Crippen molar-refractivity contribution in [2.24, 2.45) is 0 Å². The van der Waals surface area contributed by atoms with Crippen LogP contribution in [0.4, 0.5) is 5.82 Å². The molecule has 0 atom stereocenters. The summed E-state index contributed by atoms with van der Waals surface area (Å²) in [7, 11) is 2.09. The maximum Gasteiger partial charge on any atom is 0.127 e. The summed E-state index contributed by atoms with van der Waals surface area (Å²) < 4.78 is 0. The molecule has 0 spiro atoms. The first-order valence-electron chi connectivity index (χ1n) is 6.67. The highest BCUT2D eigenvalue weighted by Gasteiger charge is 2.19. The molecule has 2 aromatic rings. The number of aryl methyl sites for hydroxylation is 1. The first-order chi connectivity index (χ1) is 9.24. The third-order valence-electron chi connectivity index (χ3n) is 3.68. The second-order valence-corrected chi connectivity index (χ2v) is 5.20. The fraction of sp³-hybridized carbons (Fsp3) is 0.429. The highest BCUT2D eigenvalue weighted by Crippen LogP contribution is 2.23. The van der Waals surface area contributed by atoms with Crippen molar-refractivity contribution in [1.29, 1.82) is 0 Å². The number of aromatic nitrogens is 3. The summed E-state index contributed by atoms with van der Waals surface area (Å²) in [6.07, 6.45) is 5.26. The predicted molar refractivity (Wildman–Crippen MR) is 74.4 cm³/mol. The number of anilines is 1. The van der Waals surface area contributed by atoms with Crippen LogP contribution in [0.2, 0.25) is 0 Å². The molecule has 0 unspecified atom stereocenters. The van der Waals surface area contributed by atoms with E-state index < -0.39 is 0 Å². The molecule has 19 heavy (non-hydrogen) atoms. The molecule has 0 aliphatic heterocycles. The molecule has 1 aliphatic rings. The molecule has 3 N–H and O–H groups in total. The van der Waals surface area contributed by atoms with E-state index in [1.807, 2.05) is 12.1 Å². The number of fused-ring (bicyclic) bond motifs is 1. The normalized spacial score (nSPS) is 14.0. The van der Waals surface area contributed by atoms with Gasteiger partial charge in [-0.15, -0.1) is 0 Å². The van der Waals surface area contributed by atoms with Crippen molar-refractivity contribution < 1.29 is 0 Å². The minimum Gasteiger partial charge on any atom is -0.383 e. The van der Waals surface area contributed by atoms with Crippen molar-refractivity contribution in [1.82, 2.24) is 20.1 Å². The summed E-state index contributed by atoms with van der Waals surface area (Å²) in [5, 5.41) is 7.58. The third-order valence-corrected chi connectivity index (χ3v) is 3.68. The van der Waals surface area contributed by atoms with Gasteiger partial charge >= 0.3 is 0 Å². The van der Waals surface area contributed by atoms with E-state index in [9.17, 15) is 0 Å². The number of nitrogens with zero attached hydrogens (tertiary/aromatic N) is 3. The average molecular weight is 257 g/mol. The molecule has 0 saturated heterocycles. The Labute approximate surface area is 112 Å². The van der Waals surface area contributed by atoms with Crippen LogP contribution in [-0.4, -0.2) is 27.1 Å². The van der Waals surface area contributed by atoms with Crippen molar-refractivity contribution in [2.75, 3.05) is 12.8 Å². The van der Waals surface area contributed by atoms with E-state index in [-0.39, 0.29) is 0 Å². The van der Waals surface area contributed by atoms with Gasteiger partial charge in [0.05, 0.1) is 5.69 Å². The zero-order valence-corrected chi connectivity index (χ0v) is 11.2. The lowest BCUT2D eigenvalue weighted by molar-refractivity contribution is 0.314. The third kappa shape index (κ3) is 2.46. The molecular formula is C14H19N5. The summed E-state index contributed by atoms with van der Waals surface area (Å²) in [5.74, 6) is 0.613. The minimum atomic E-state index is 0.613. The van der Waals surface area contributed by atoms with Crippen molar-refractivity contribution in [2.45, 2.75) is 32.4 Å². The maximum atomic E-state index is 5.87. The Bertz CT molecular complexity index is 575. The lowest BCUT2D eigenvalue weighted by atomic mass is 10.2. The van der Waals surface area contributed by atoms with Gasteiger partial charge < -0.3 is 5.73 Å². The zero-order valence-electron chi connectivity index (χ0n) is 11.2. The van der Waals surface area contributed by atoms with E-state index in [1.54, 1.807) is 6.20 Å². The van der Waals surface area contributed by atoms with E-state index in [2.05, 4.69) is 27.1 Å². The van der Waals surface area contributed by atoms with Crippen LogP contribution in [0.15, 0.2) is 18.3 Å². The van der Waals surface area contributed by atoms with Crippen LogP contribution in [0.3, 0.4) is 0 Å². The Morgan fingerprint density at radius 3 is 3.11 bits per heavy atom. The quantitative estimate of drug-likeness (QED) is 0.871. The fourth-order valence-corrected chi connectivity index (χ4v) is 2.71. The lowest BCUT2D eigenvalue weighted by Gasteiger charge is -2.16. The topological polar surface area (TPSA) is 70.8 Å². The van der Waals surface area contributed by atoms with Gasteiger partial charge in [0.15, 0.2) is 0 Å². The van der Waals surface area contributed by atoms with E-state index in [4.69, 9.17) is 5.73 Å². The second kappa shape index (κ2) is 5.01. The largest absolute Gasteiger partial charge is 0.383 e. The van der Waals surface area contributed by atoms with E-state index >= 15 is 0 Å². The highest BCUT2D eigenvalue weighted by atomic mass is 15.2. The van der Waals surface area contributed by atoms with Crippen LogP contribution in [0.1, 0.15) is 28.9 Å². The molecule has 5 nitrogen and oxygen atoms in total. The van der Waals surface area contributed by atoms with E-state index in [1.165, 1.54) is 23.4 Å². The number of hydrogen-bond donors (Lipinski definition) is 2. The lowest BCUT2D eigenvalue weighted by Crippen LogP contribution is -2.19. The minimum absolute atomic E-state index is 0.613. The second-order valence-electron chi connectivity index (χ2n) is 5.20. The molecule has 0 aromatic carbocycles. The Morgan fingerprint density at radius 1 is 1.37 bits per heavy atom. The Kier molecular flexibility index (Phi) is 3.21. The molecule has 0 fully saturated rings. The van der Waals surface area contributed by atoms with Gasteiger partial charge in [0.1, 0.15) is 5.82 Å².